The van der Waals surface area contributed by atoms with E-state index in [-0.39, 0.29) is 12.5 Å². The predicted octanol–water partition coefficient (Wildman–Crippen LogP) is 4.98. The Morgan fingerprint density at radius 2 is 1.79 bits per heavy atom. The van der Waals surface area contributed by atoms with Crippen molar-refractivity contribution in [2.24, 2.45) is 4.36 Å². The molecule has 0 amide bonds. The van der Waals surface area contributed by atoms with Crippen LogP contribution in [0.15, 0.2) is 96.0 Å². The fourth-order valence-electron chi connectivity index (χ4n) is 5.17. The van der Waals surface area contributed by atoms with Gasteiger partial charge in [-0.2, -0.15) is 10.4 Å². The van der Waals surface area contributed by atoms with Crippen LogP contribution in [0, 0.1) is 11.3 Å². The van der Waals surface area contributed by atoms with E-state index in [1.165, 1.54) is 0 Å². The van der Waals surface area contributed by atoms with Crippen LogP contribution in [0.1, 0.15) is 24.9 Å². The minimum Gasteiger partial charge on any atom is -0.301 e. The topological polar surface area (TPSA) is 105 Å². The molecule has 196 valence electrons. The molecular formula is C29H28N8OS. The summed E-state index contributed by atoms with van der Waals surface area (Å²) < 4.78 is 24.0. The first kappa shape index (κ1) is 25.0. The van der Waals surface area contributed by atoms with Gasteiger partial charge in [0.25, 0.3) is 0 Å². The number of aromatic nitrogens is 5. The number of fused-ring (bicyclic) bond motifs is 1. The molecule has 0 saturated carbocycles. The molecule has 6 rings (SSSR count). The lowest BCUT2D eigenvalue weighted by molar-refractivity contribution is 0.0753. The Kier molecular flexibility index (Phi) is 6.25. The van der Waals surface area contributed by atoms with Gasteiger partial charge >= 0.3 is 0 Å². The van der Waals surface area contributed by atoms with E-state index in [0.717, 1.165) is 33.5 Å². The third-order valence-corrected chi connectivity index (χ3v) is 9.25. The van der Waals surface area contributed by atoms with E-state index >= 15 is 0 Å². The SMILES string of the molecule is CC(N=S(C)(=O)N1CC(CC#N)(n2cc(-c3ncnc4c3ccn4-c3ccccc3)cn2)C1)c1ccccc1. The van der Waals surface area contributed by atoms with E-state index in [0.29, 0.717) is 13.1 Å². The number of para-hydroxylation sites is 1. The van der Waals surface area contributed by atoms with Crippen molar-refractivity contribution in [1.29, 1.82) is 5.26 Å². The number of nitrogens with zero attached hydrogens (tertiary/aromatic N) is 8. The monoisotopic (exact) mass is 536 g/mol. The van der Waals surface area contributed by atoms with Gasteiger partial charge in [-0.15, -0.1) is 0 Å². The fraction of sp³-hybridized carbons (Fsp3) is 0.241. The molecule has 9 nitrogen and oxygen atoms in total. The molecule has 39 heavy (non-hydrogen) atoms. The van der Waals surface area contributed by atoms with Gasteiger partial charge in [-0.1, -0.05) is 48.5 Å². The standard InChI is InChI=1S/C29H28N8OS/c1-22(23-9-5-3-6-10-23)34-39(2,38)35-19-29(20-35,14-15-30)37-18-24(17-33-37)27-26-13-16-36(28(26)32-21-31-27)25-11-7-4-8-12-25/h3-13,16-18,21-22H,14,19-20H2,1-2H3. The second-order valence-corrected chi connectivity index (χ2v) is 12.2. The Morgan fingerprint density at radius 1 is 1.08 bits per heavy atom. The Balaban J connectivity index is 1.28. The molecule has 3 aromatic heterocycles. The number of benzene rings is 2. The maximum Gasteiger partial charge on any atom is 0.148 e. The molecule has 0 spiro atoms. The van der Waals surface area contributed by atoms with Crippen LogP contribution in [-0.4, -0.2) is 52.2 Å². The van der Waals surface area contributed by atoms with Crippen LogP contribution in [0.3, 0.4) is 0 Å². The van der Waals surface area contributed by atoms with Crippen molar-refractivity contribution in [3.05, 3.63) is 97.2 Å². The maximum absolute atomic E-state index is 13.6. The van der Waals surface area contributed by atoms with E-state index in [1.807, 2.05) is 99.6 Å². The average molecular weight is 537 g/mol. The highest BCUT2D eigenvalue weighted by Crippen LogP contribution is 2.37. The number of nitriles is 1. The van der Waals surface area contributed by atoms with Gasteiger partial charge in [-0.25, -0.2) is 22.8 Å². The Labute approximate surface area is 227 Å². The molecule has 0 radical (unpaired) electrons. The average Bonchev–Trinajstić information content (AvgIpc) is 3.59. The van der Waals surface area contributed by atoms with Crippen molar-refractivity contribution in [2.45, 2.75) is 24.9 Å². The van der Waals surface area contributed by atoms with Gasteiger partial charge in [0.05, 0.1) is 30.4 Å². The van der Waals surface area contributed by atoms with Crippen LogP contribution in [0.4, 0.5) is 0 Å². The quantitative estimate of drug-likeness (QED) is 0.292. The Bertz CT molecular complexity index is 1790. The van der Waals surface area contributed by atoms with Gasteiger partial charge in [0.2, 0.25) is 0 Å². The predicted molar refractivity (Wildman–Crippen MR) is 151 cm³/mol. The number of hydrogen-bond acceptors (Lipinski definition) is 6. The first-order valence-corrected chi connectivity index (χ1v) is 14.6. The van der Waals surface area contributed by atoms with E-state index in [1.54, 1.807) is 18.8 Å². The van der Waals surface area contributed by atoms with Crippen molar-refractivity contribution in [3.8, 4) is 23.0 Å². The summed E-state index contributed by atoms with van der Waals surface area (Å²) in [4.78, 5) is 9.10. The molecule has 4 heterocycles. The first-order chi connectivity index (χ1) is 18.9. The molecule has 0 aliphatic carbocycles. The summed E-state index contributed by atoms with van der Waals surface area (Å²) in [6.45, 7) is 2.80. The fourth-order valence-corrected chi connectivity index (χ4v) is 6.97. The zero-order chi connectivity index (χ0) is 27.0. The molecule has 1 fully saturated rings. The molecule has 2 aromatic carbocycles. The zero-order valence-corrected chi connectivity index (χ0v) is 22.6. The van der Waals surface area contributed by atoms with Gasteiger partial charge in [0, 0.05) is 48.4 Å². The third-order valence-electron chi connectivity index (χ3n) is 7.32. The lowest BCUT2D eigenvalue weighted by Crippen LogP contribution is -2.63. The van der Waals surface area contributed by atoms with Crippen LogP contribution in [-0.2, 0) is 15.5 Å². The Morgan fingerprint density at radius 3 is 2.51 bits per heavy atom. The summed E-state index contributed by atoms with van der Waals surface area (Å²) in [7, 11) is -2.63. The van der Waals surface area contributed by atoms with Crippen LogP contribution >= 0.6 is 0 Å². The molecule has 2 unspecified atom stereocenters. The summed E-state index contributed by atoms with van der Waals surface area (Å²) in [5, 5.41) is 15.2. The van der Waals surface area contributed by atoms with Crippen LogP contribution in [0.5, 0.6) is 0 Å². The van der Waals surface area contributed by atoms with E-state index in [2.05, 4.69) is 25.5 Å². The van der Waals surface area contributed by atoms with Crippen molar-refractivity contribution in [2.75, 3.05) is 19.3 Å². The second-order valence-electron chi connectivity index (χ2n) is 9.97. The molecule has 1 saturated heterocycles. The van der Waals surface area contributed by atoms with E-state index < -0.39 is 15.5 Å². The molecule has 2 atom stereocenters. The molecule has 1 aliphatic heterocycles. The minimum atomic E-state index is -2.63. The smallest absolute Gasteiger partial charge is 0.148 e. The summed E-state index contributed by atoms with van der Waals surface area (Å²) in [6, 6.07) is 24.0. The summed E-state index contributed by atoms with van der Waals surface area (Å²) in [5.41, 5.74) is 3.87. The highest BCUT2D eigenvalue weighted by molar-refractivity contribution is 7.90. The highest BCUT2D eigenvalue weighted by Gasteiger charge is 2.48. The normalized spacial score (nSPS) is 17.2. The molecule has 10 heteroatoms. The summed E-state index contributed by atoms with van der Waals surface area (Å²) in [6.07, 6.45) is 9.17. The summed E-state index contributed by atoms with van der Waals surface area (Å²) >= 11 is 0. The van der Waals surface area contributed by atoms with Crippen molar-refractivity contribution >= 4 is 20.9 Å². The van der Waals surface area contributed by atoms with Gasteiger partial charge in [0.15, 0.2) is 0 Å². The van der Waals surface area contributed by atoms with Crippen molar-refractivity contribution < 1.29 is 4.21 Å². The molecule has 5 aromatic rings. The highest BCUT2D eigenvalue weighted by atomic mass is 32.2. The first-order valence-electron chi connectivity index (χ1n) is 12.7. The van der Waals surface area contributed by atoms with Crippen molar-refractivity contribution in [3.63, 3.8) is 0 Å². The van der Waals surface area contributed by atoms with Gasteiger partial charge in [-0.3, -0.25) is 4.68 Å². The van der Waals surface area contributed by atoms with Crippen LogP contribution in [0.25, 0.3) is 28.0 Å². The summed E-state index contributed by atoms with van der Waals surface area (Å²) in [5.74, 6) is 0. The van der Waals surface area contributed by atoms with E-state index in [4.69, 9.17) is 0 Å². The van der Waals surface area contributed by atoms with Gasteiger partial charge in [-0.05, 0) is 30.7 Å². The lowest BCUT2D eigenvalue weighted by atomic mass is 9.89. The Hall–Kier alpha value is -4.33. The zero-order valence-electron chi connectivity index (χ0n) is 21.8. The van der Waals surface area contributed by atoms with Gasteiger partial charge in [0.1, 0.15) is 27.4 Å². The van der Waals surface area contributed by atoms with Crippen LogP contribution < -0.4 is 0 Å². The van der Waals surface area contributed by atoms with Gasteiger partial charge < -0.3 is 4.57 Å². The van der Waals surface area contributed by atoms with E-state index in [9.17, 15) is 9.47 Å². The second kappa shape index (κ2) is 9.76. The maximum atomic E-state index is 13.6. The lowest BCUT2D eigenvalue weighted by Gasteiger charge is -2.48. The molecule has 0 N–H and O–H groups in total. The minimum absolute atomic E-state index is 0.200. The molecule has 1 aliphatic rings. The molecular weight excluding hydrogens is 508 g/mol. The van der Waals surface area contributed by atoms with Crippen LogP contribution in [0.2, 0.25) is 0 Å². The molecule has 0 bridgehead atoms. The number of hydrogen-bond donors (Lipinski definition) is 0. The third kappa shape index (κ3) is 4.50. The largest absolute Gasteiger partial charge is 0.301 e. The van der Waals surface area contributed by atoms with Crippen molar-refractivity contribution in [1.82, 2.24) is 28.6 Å². The number of rotatable bonds is 7.